The molecule has 1 aromatic carbocycles. The molecule has 0 unspecified atom stereocenters. The van der Waals surface area contributed by atoms with Crippen LogP contribution >= 0.6 is 0 Å². The van der Waals surface area contributed by atoms with Gasteiger partial charge in [-0.15, -0.1) is 10.2 Å². The summed E-state index contributed by atoms with van der Waals surface area (Å²) in [6, 6.07) is 10.4. The van der Waals surface area contributed by atoms with E-state index in [9.17, 15) is 0 Å². The van der Waals surface area contributed by atoms with Crippen molar-refractivity contribution in [2.24, 2.45) is 5.92 Å². The van der Waals surface area contributed by atoms with Crippen LogP contribution in [0.25, 0.3) is 6.08 Å². The number of hydrogen-bond acceptors (Lipinski definition) is 3. The predicted octanol–water partition coefficient (Wildman–Crippen LogP) is 2.14. The highest BCUT2D eigenvalue weighted by Gasteiger charge is 2.18. The molecule has 0 radical (unpaired) electrons. The summed E-state index contributed by atoms with van der Waals surface area (Å²) in [6.07, 6.45) is 8.44. The molecule has 2 heterocycles. The summed E-state index contributed by atoms with van der Waals surface area (Å²) in [5, 5.41) is 11.6. The van der Waals surface area contributed by atoms with E-state index in [0.717, 1.165) is 31.9 Å². The van der Waals surface area contributed by atoms with Crippen molar-refractivity contribution < 1.29 is 0 Å². The highest BCUT2D eigenvalue weighted by Crippen LogP contribution is 2.16. The lowest BCUT2D eigenvalue weighted by atomic mass is 9.99. The van der Waals surface area contributed by atoms with Gasteiger partial charge in [-0.25, -0.2) is 0 Å². The van der Waals surface area contributed by atoms with Crippen molar-refractivity contribution in [1.82, 2.24) is 20.1 Å². The van der Waals surface area contributed by atoms with E-state index in [1.807, 2.05) is 12.4 Å². The summed E-state index contributed by atoms with van der Waals surface area (Å²) in [5.41, 5.74) is 1.25. The molecule has 3 rings (SSSR count). The van der Waals surface area contributed by atoms with Crippen molar-refractivity contribution in [3.63, 3.8) is 0 Å². The van der Waals surface area contributed by atoms with E-state index in [1.54, 1.807) is 0 Å². The van der Waals surface area contributed by atoms with Gasteiger partial charge in [0, 0.05) is 19.5 Å². The van der Waals surface area contributed by atoms with Crippen LogP contribution < -0.4 is 5.32 Å². The van der Waals surface area contributed by atoms with E-state index in [2.05, 4.69) is 56.5 Å². The lowest BCUT2D eigenvalue weighted by Crippen LogP contribution is -2.30. The Labute approximate surface area is 119 Å². The van der Waals surface area contributed by atoms with Gasteiger partial charge in [-0.2, -0.15) is 0 Å². The summed E-state index contributed by atoms with van der Waals surface area (Å²) >= 11 is 0. The molecule has 1 aromatic heterocycles. The monoisotopic (exact) mass is 268 g/mol. The molecule has 0 bridgehead atoms. The van der Waals surface area contributed by atoms with Gasteiger partial charge in [-0.3, -0.25) is 0 Å². The van der Waals surface area contributed by atoms with E-state index >= 15 is 0 Å². The summed E-state index contributed by atoms with van der Waals surface area (Å²) in [5.74, 6) is 1.81. The van der Waals surface area contributed by atoms with Gasteiger partial charge < -0.3 is 9.88 Å². The van der Waals surface area contributed by atoms with Crippen molar-refractivity contribution in [2.75, 3.05) is 13.1 Å². The minimum Gasteiger partial charge on any atom is -0.317 e. The fourth-order valence-electron chi connectivity index (χ4n) is 2.62. The van der Waals surface area contributed by atoms with E-state index in [0.29, 0.717) is 5.92 Å². The first kappa shape index (κ1) is 13.1. The second-order valence-corrected chi connectivity index (χ2v) is 5.28. The first-order chi connectivity index (χ1) is 9.92. The molecule has 4 heteroatoms. The van der Waals surface area contributed by atoms with E-state index in [4.69, 9.17) is 0 Å². The smallest absolute Gasteiger partial charge is 0.132 e. The molecule has 1 atom stereocenters. The second-order valence-electron chi connectivity index (χ2n) is 5.28. The first-order valence-corrected chi connectivity index (χ1v) is 7.21. The topological polar surface area (TPSA) is 42.7 Å². The Morgan fingerprint density at radius 1 is 1.30 bits per heavy atom. The fraction of sp³-hybridized carbons (Fsp3) is 0.375. The largest absolute Gasteiger partial charge is 0.317 e. The Morgan fingerprint density at radius 3 is 3.10 bits per heavy atom. The van der Waals surface area contributed by atoms with Gasteiger partial charge in [0.05, 0.1) is 0 Å². The molecule has 0 saturated heterocycles. The molecule has 1 N–H and O–H groups in total. The van der Waals surface area contributed by atoms with Gasteiger partial charge in [0.2, 0.25) is 0 Å². The SMILES string of the molecule is C(=C/c1ccccc1)/CNC[C@H]1CCc2nncn2C1. The van der Waals surface area contributed by atoms with Gasteiger partial charge in [-0.1, -0.05) is 42.5 Å². The number of fused-ring (bicyclic) bond motifs is 1. The number of rotatable bonds is 5. The molecule has 0 saturated carbocycles. The minimum atomic E-state index is 0.684. The van der Waals surface area contributed by atoms with Crippen molar-refractivity contribution in [3.05, 3.63) is 54.1 Å². The van der Waals surface area contributed by atoms with Crippen LogP contribution in [0.3, 0.4) is 0 Å². The summed E-state index contributed by atoms with van der Waals surface area (Å²) in [7, 11) is 0. The van der Waals surface area contributed by atoms with Crippen LogP contribution in [0.5, 0.6) is 0 Å². The Bertz CT molecular complexity index is 559. The fourth-order valence-corrected chi connectivity index (χ4v) is 2.62. The molecule has 0 spiro atoms. The summed E-state index contributed by atoms with van der Waals surface area (Å²) in [4.78, 5) is 0. The average molecular weight is 268 g/mol. The molecule has 2 aromatic rings. The third-order valence-electron chi connectivity index (χ3n) is 3.73. The third kappa shape index (κ3) is 3.33. The predicted molar refractivity (Wildman–Crippen MR) is 80.2 cm³/mol. The maximum Gasteiger partial charge on any atom is 0.132 e. The van der Waals surface area contributed by atoms with E-state index in [-0.39, 0.29) is 0 Å². The standard InChI is InChI=1S/C16H20N4/c1-2-5-14(6-3-1)7-4-10-17-11-15-8-9-16-19-18-13-20(16)12-15/h1-7,13,15,17H,8-12H2/b7-4-/t15-/m1/s1. The zero-order valence-corrected chi connectivity index (χ0v) is 11.6. The molecular formula is C16H20N4. The second kappa shape index (κ2) is 6.48. The van der Waals surface area contributed by atoms with Crippen molar-refractivity contribution in [1.29, 1.82) is 0 Å². The van der Waals surface area contributed by atoms with Crippen LogP contribution in [0.15, 0.2) is 42.7 Å². The lowest BCUT2D eigenvalue weighted by Gasteiger charge is -2.22. The number of benzene rings is 1. The molecule has 20 heavy (non-hydrogen) atoms. The highest BCUT2D eigenvalue weighted by molar-refractivity contribution is 5.48. The minimum absolute atomic E-state index is 0.684. The lowest BCUT2D eigenvalue weighted by molar-refractivity contribution is 0.352. The van der Waals surface area contributed by atoms with Crippen LogP contribution in [-0.2, 0) is 13.0 Å². The van der Waals surface area contributed by atoms with Crippen molar-refractivity contribution >= 4 is 6.08 Å². The molecule has 0 aliphatic carbocycles. The van der Waals surface area contributed by atoms with Crippen molar-refractivity contribution in [2.45, 2.75) is 19.4 Å². The zero-order chi connectivity index (χ0) is 13.6. The van der Waals surface area contributed by atoms with Gasteiger partial charge in [0.15, 0.2) is 0 Å². The van der Waals surface area contributed by atoms with Crippen LogP contribution in [0.4, 0.5) is 0 Å². The number of aryl methyl sites for hydroxylation is 1. The highest BCUT2D eigenvalue weighted by atomic mass is 15.3. The van der Waals surface area contributed by atoms with Gasteiger partial charge in [0.25, 0.3) is 0 Å². The zero-order valence-electron chi connectivity index (χ0n) is 11.6. The first-order valence-electron chi connectivity index (χ1n) is 7.21. The average Bonchev–Trinajstić information content (AvgIpc) is 2.95. The van der Waals surface area contributed by atoms with Crippen LogP contribution in [-0.4, -0.2) is 27.9 Å². The van der Waals surface area contributed by atoms with Crippen molar-refractivity contribution in [3.8, 4) is 0 Å². The van der Waals surface area contributed by atoms with E-state index < -0.39 is 0 Å². The Kier molecular flexibility index (Phi) is 4.23. The Morgan fingerprint density at radius 2 is 2.20 bits per heavy atom. The number of aromatic nitrogens is 3. The summed E-state index contributed by atoms with van der Waals surface area (Å²) < 4.78 is 2.18. The van der Waals surface area contributed by atoms with Gasteiger partial charge in [-0.05, 0) is 24.4 Å². The van der Waals surface area contributed by atoms with Crippen LogP contribution in [0, 0.1) is 5.92 Å². The number of nitrogens with one attached hydrogen (secondary N) is 1. The molecule has 1 aliphatic rings. The quantitative estimate of drug-likeness (QED) is 0.845. The molecule has 104 valence electrons. The third-order valence-corrected chi connectivity index (χ3v) is 3.73. The normalized spacial score (nSPS) is 18.3. The van der Waals surface area contributed by atoms with Crippen LogP contribution in [0.1, 0.15) is 17.8 Å². The maximum absolute atomic E-state index is 4.12. The van der Waals surface area contributed by atoms with Crippen LogP contribution in [0.2, 0.25) is 0 Å². The Balaban J connectivity index is 1.40. The summed E-state index contributed by atoms with van der Waals surface area (Å²) in [6.45, 7) is 3.01. The van der Waals surface area contributed by atoms with Gasteiger partial charge >= 0.3 is 0 Å². The van der Waals surface area contributed by atoms with Gasteiger partial charge in [0.1, 0.15) is 12.2 Å². The number of hydrogen-bond donors (Lipinski definition) is 1. The molecule has 1 aliphatic heterocycles. The van der Waals surface area contributed by atoms with E-state index in [1.165, 1.54) is 12.0 Å². The molecular weight excluding hydrogens is 248 g/mol. The molecule has 0 fully saturated rings. The maximum atomic E-state index is 4.12. The molecule has 0 amide bonds. The number of nitrogens with zero attached hydrogens (tertiary/aromatic N) is 3. The molecule has 4 nitrogen and oxygen atoms in total. The Hall–Kier alpha value is -1.94.